The average molecular weight is 454 g/mol. The van der Waals surface area contributed by atoms with E-state index in [9.17, 15) is 23.1 Å². The van der Waals surface area contributed by atoms with Gasteiger partial charge in [0.05, 0.1) is 16.3 Å². The van der Waals surface area contributed by atoms with Gasteiger partial charge in [0, 0.05) is 12.3 Å². The summed E-state index contributed by atoms with van der Waals surface area (Å²) in [5.74, 6) is 0.0319. The van der Waals surface area contributed by atoms with Crippen molar-refractivity contribution in [3.05, 3.63) is 76.2 Å². The van der Waals surface area contributed by atoms with Gasteiger partial charge in [0.15, 0.2) is 0 Å². The summed E-state index contributed by atoms with van der Waals surface area (Å²) < 4.78 is 47.5. The highest BCUT2D eigenvalue weighted by Crippen LogP contribution is 2.28. The molecule has 0 fully saturated rings. The molecule has 9 heteroatoms. The SMILES string of the molecule is CC(C)(O)COc1ccc(-n2ccc(-c3ccc(OC(F)(F)F)cc3)cc2=O)cc1Cl. The summed E-state index contributed by atoms with van der Waals surface area (Å²) in [6, 6.07) is 13.1. The number of aromatic nitrogens is 1. The Morgan fingerprint density at radius 2 is 1.68 bits per heavy atom. The largest absolute Gasteiger partial charge is 0.573 e. The fraction of sp³-hybridized carbons (Fsp3) is 0.227. The Balaban J connectivity index is 1.81. The Bertz CT molecular complexity index is 1120. The molecule has 0 saturated heterocycles. The third-order valence-electron chi connectivity index (χ3n) is 4.12. The molecular weight excluding hydrogens is 435 g/mol. The van der Waals surface area contributed by atoms with Gasteiger partial charge in [0.1, 0.15) is 18.1 Å². The predicted molar refractivity (Wildman–Crippen MR) is 111 cm³/mol. The minimum Gasteiger partial charge on any atom is -0.489 e. The molecule has 31 heavy (non-hydrogen) atoms. The van der Waals surface area contributed by atoms with Crippen molar-refractivity contribution < 1.29 is 27.8 Å². The van der Waals surface area contributed by atoms with Crippen molar-refractivity contribution in [2.24, 2.45) is 0 Å². The maximum atomic E-state index is 12.6. The predicted octanol–water partition coefficient (Wildman–Crippen LogP) is 5.21. The lowest BCUT2D eigenvalue weighted by Gasteiger charge is -2.18. The van der Waals surface area contributed by atoms with E-state index in [0.29, 0.717) is 22.6 Å². The lowest BCUT2D eigenvalue weighted by Crippen LogP contribution is -2.27. The lowest BCUT2D eigenvalue weighted by molar-refractivity contribution is -0.274. The molecule has 3 aromatic rings. The number of rotatable bonds is 6. The molecule has 3 rings (SSSR count). The van der Waals surface area contributed by atoms with Gasteiger partial charge in [-0.15, -0.1) is 13.2 Å². The van der Waals surface area contributed by atoms with E-state index in [1.165, 1.54) is 34.9 Å². The van der Waals surface area contributed by atoms with Crippen LogP contribution in [0.1, 0.15) is 13.8 Å². The van der Waals surface area contributed by atoms with E-state index in [4.69, 9.17) is 16.3 Å². The first-order chi connectivity index (χ1) is 14.4. The summed E-state index contributed by atoms with van der Waals surface area (Å²) >= 11 is 6.23. The zero-order valence-corrected chi connectivity index (χ0v) is 17.4. The molecule has 0 amide bonds. The molecule has 0 aliphatic carbocycles. The number of hydrogen-bond acceptors (Lipinski definition) is 4. The summed E-state index contributed by atoms with van der Waals surface area (Å²) in [6.45, 7) is 3.26. The molecule has 2 aromatic carbocycles. The van der Waals surface area contributed by atoms with Gasteiger partial charge in [0.2, 0.25) is 0 Å². The normalized spacial score (nSPS) is 12.0. The zero-order valence-electron chi connectivity index (χ0n) is 16.6. The molecule has 0 unspecified atom stereocenters. The van der Waals surface area contributed by atoms with Crippen LogP contribution in [0.5, 0.6) is 11.5 Å². The smallest absolute Gasteiger partial charge is 0.489 e. The Morgan fingerprint density at radius 3 is 2.23 bits per heavy atom. The van der Waals surface area contributed by atoms with Crippen molar-refractivity contribution in [2.45, 2.75) is 25.8 Å². The lowest BCUT2D eigenvalue weighted by atomic mass is 10.1. The molecular formula is C22H19ClF3NO4. The van der Waals surface area contributed by atoms with Crippen molar-refractivity contribution >= 4 is 11.6 Å². The molecule has 164 valence electrons. The van der Waals surface area contributed by atoms with E-state index < -0.39 is 12.0 Å². The van der Waals surface area contributed by atoms with E-state index >= 15 is 0 Å². The van der Waals surface area contributed by atoms with Gasteiger partial charge in [-0.3, -0.25) is 9.36 Å². The van der Waals surface area contributed by atoms with Gasteiger partial charge < -0.3 is 14.6 Å². The van der Waals surface area contributed by atoms with Crippen LogP contribution >= 0.6 is 11.6 Å². The molecule has 0 radical (unpaired) electrons. The van der Waals surface area contributed by atoms with Crippen LogP contribution in [0.15, 0.2) is 65.6 Å². The van der Waals surface area contributed by atoms with Crippen LogP contribution in [0.3, 0.4) is 0 Å². The van der Waals surface area contributed by atoms with Gasteiger partial charge in [0.25, 0.3) is 5.56 Å². The molecule has 5 nitrogen and oxygen atoms in total. The van der Waals surface area contributed by atoms with E-state index in [2.05, 4.69) is 4.74 Å². The number of aliphatic hydroxyl groups is 1. The Kier molecular flexibility index (Phi) is 6.33. The Labute approximate surface area is 181 Å². The number of nitrogens with zero attached hydrogens (tertiary/aromatic N) is 1. The fourth-order valence-corrected chi connectivity index (χ4v) is 2.96. The van der Waals surface area contributed by atoms with E-state index in [-0.39, 0.29) is 22.9 Å². The molecule has 0 spiro atoms. The molecule has 0 atom stereocenters. The third-order valence-corrected chi connectivity index (χ3v) is 4.41. The van der Waals surface area contributed by atoms with Crippen LogP contribution in [0.25, 0.3) is 16.8 Å². The van der Waals surface area contributed by atoms with Crippen molar-refractivity contribution in [3.8, 4) is 28.3 Å². The number of hydrogen-bond donors (Lipinski definition) is 1. The van der Waals surface area contributed by atoms with E-state index in [1.54, 1.807) is 44.3 Å². The second-order valence-corrected chi connectivity index (χ2v) is 7.82. The number of halogens is 4. The topological polar surface area (TPSA) is 60.7 Å². The van der Waals surface area contributed by atoms with Crippen molar-refractivity contribution in [3.63, 3.8) is 0 Å². The molecule has 1 aromatic heterocycles. The summed E-state index contributed by atoms with van der Waals surface area (Å²) in [7, 11) is 0. The summed E-state index contributed by atoms with van der Waals surface area (Å²) in [5.41, 5.74) is 0.231. The van der Waals surface area contributed by atoms with Gasteiger partial charge >= 0.3 is 6.36 Å². The fourth-order valence-electron chi connectivity index (χ4n) is 2.73. The summed E-state index contributed by atoms with van der Waals surface area (Å²) in [4.78, 5) is 12.6. The van der Waals surface area contributed by atoms with Crippen molar-refractivity contribution in [1.82, 2.24) is 4.57 Å². The van der Waals surface area contributed by atoms with Gasteiger partial charge in [-0.2, -0.15) is 0 Å². The standard InChI is InChI=1S/C22H19ClF3NO4/c1-21(2,29)13-30-19-8-5-16(12-18(19)23)27-10-9-15(11-20(27)28)14-3-6-17(7-4-14)31-22(24,25)26/h3-12,29H,13H2,1-2H3. The second kappa shape index (κ2) is 8.64. The van der Waals surface area contributed by atoms with Crippen LogP contribution in [0.2, 0.25) is 5.02 Å². The number of pyridine rings is 1. The molecule has 0 saturated carbocycles. The van der Waals surface area contributed by atoms with E-state index in [0.717, 1.165) is 0 Å². The van der Waals surface area contributed by atoms with Crippen molar-refractivity contribution in [1.29, 1.82) is 0 Å². The quantitative estimate of drug-likeness (QED) is 0.557. The van der Waals surface area contributed by atoms with E-state index in [1.807, 2.05) is 0 Å². The van der Waals surface area contributed by atoms with Crippen LogP contribution in [-0.4, -0.2) is 28.2 Å². The minimum absolute atomic E-state index is 0.0491. The first kappa shape index (κ1) is 22.7. The van der Waals surface area contributed by atoms with Gasteiger partial charge in [-0.25, -0.2) is 0 Å². The maximum absolute atomic E-state index is 12.6. The summed E-state index contributed by atoms with van der Waals surface area (Å²) in [5, 5.41) is 10.0. The highest BCUT2D eigenvalue weighted by molar-refractivity contribution is 6.32. The average Bonchev–Trinajstić information content (AvgIpc) is 2.65. The third kappa shape index (κ3) is 6.26. The zero-order chi connectivity index (χ0) is 22.8. The minimum atomic E-state index is -4.77. The maximum Gasteiger partial charge on any atom is 0.573 e. The molecule has 0 bridgehead atoms. The summed E-state index contributed by atoms with van der Waals surface area (Å²) in [6.07, 6.45) is -3.22. The molecule has 1 heterocycles. The first-order valence-corrected chi connectivity index (χ1v) is 9.53. The number of ether oxygens (including phenoxy) is 2. The van der Waals surface area contributed by atoms with Gasteiger partial charge in [-0.1, -0.05) is 23.7 Å². The second-order valence-electron chi connectivity index (χ2n) is 7.41. The van der Waals surface area contributed by atoms with Crippen molar-refractivity contribution in [2.75, 3.05) is 6.61 Å². The van der Waals surface area contributed by atoms with Crippen LogP contribution in [0.4, 0.5) is 13.2 Å². The highest BCUT2D eigenvalue weighted by atomic mass is 35.5. The molecule has 0 aliphatic rings. The number of alkyl halides is 3. The number of benzene rings is 2. The Morgan fingerprint density at radius 1 is 1.00 bits per heavy atom. The molecule has 1 N–H and O–H groups in total. The van der Waals surface area contributed by atoms with Gasteiger partial charge in [-0.05, 0) is 61.4 Å². The van der Waals surface area contributed by atoms with Crippen LogP contribution < -0.4 is 15.0 Å². The van der Waals surface area contributed by atoms with Crippen LogP contribution in [-0.2, 0) is 0 Å². The first-order valence-electron chi connectivity index (χ1n) is 9.15. The molecule has 0 aliphatic heterocycles. The Hall–Kier alpha value is -2.97. The van der Waals surface area contributed by atoms with Crippen LogP contribution in [0, 0.1) is 0 Å². The highest BCUT2D eigenvalue weighted by Gasteiger charge is 2.31. The monoisotopic (exact) mass is 453 g/mol.